The lowest BCUT2D eigenvalue weighted by molar-refractivity contribution is 0.415. The zero-order valence-electron chi connectivity index (χ0n) is 18.3. The van der Waals surface area contributed by atoms with Crippen molar-refractivity contribution in [2.45, 2.75) is 19.0 Å². The average Bonchev–Trinajstić information content (AvgIpc) is 3.39. The number of anilines is 1. The monoisotopic (exact) mass is 474 g/mol. The number of nitrogens with one attached hydrogen (secondary N) is 1. The van der Waals surface area contributed by atoms with Gasteiger partial charge < -0.3 is 19.5 Å². The van der Waals surface area contributed by atoms with Gasteiger partial charge in [0.1, 0.15) is 11.8 Å². The van der Waals surface area contributed by atoms with E-state index in [0.717, 1.165) is 28.5 Å². The number of rotatable bonds is 5. The molecule has 5 nitrogen and oxygen atoms in total. The molecule has 2 atom stereocenters. The molecule has 1 fully saturated rings. The van der Waals surface area contributed by atoms with E-state index in [1.54, 1.807) is 7.11 Å². The van der Waals surface area contributed by atoms with Gasteiger partial charge >= 0.3 is 0 Å². The quantitative estimate of drug-likeness (QED) is 0.358. The second-order valence-corrected chi connectivity index (χ2v) is 8.68. The molecule has 2 unspecified atom stereocenters. The normalized spacial score (nSPS) is 17.8. The van der Waals surface area contributed by atoms with Gasteiger partial charge in [0.15, 0.2) is 5.11 Å². The minimum absolute atomic E-state index is 0.142. The van der Waals surface area contributed by atoms with Crippen molar-refractivity contribution in [2.75, 3.05) is 12.0 Å². The summed E-state index contributed by atoms with van der Waals surface area (Å²) in [5.74, 6) is 0.625. The fourth-order valence-corrected chi connectivity index (χ4v) is 5.06. The first-order valence-corrected chi connectivity index (χ1v) is 11.4. The Morgan fingerprint density at radius 2 is 1.76 bits per heavy atom. The van der Waals surface area contributed by atoms with Crippen LogP contribution in [0, 0.1) is 6.92 Å². The minimum Gasteiger partial charge on any atom is -0.495 e. The van der Waals surface area contributed by atoms with Gasteiger partial charge in [-0.25, -0.2) is 0 Å². The third-order valence-corrected chi connectivity index (χ3v) is 6.55. The van der Waals surface area contributed by atoms with Crippen LogP contribution in [-0.2, 0) is 0 Å². The first kappa shape index (κ1) is 21.5. The van der Waals surface area contributed by atoms with Crippen LogP contribution >= 0.6 is 23.8 Å². The maximum Gasteiger partial charge on any atom is 0.174 e. The van der Waals surface area contributed by atoms with E-state index in [-0.39, 0.29) is 12.1 Å². The van der Waals surface area contributed by atoms with E-state index < -0.39 is 0 Å². The molecule has 0 radical (unpaired) electrons. The van der Waals surface area contributed by atoms with Gasteiger partial charge in [-0.15, -0.1) is 0 Å². The molecule has 1 aliphatic rings. The molecule has 5 rings (SSSR count). The summed E-state index contributed by atoms with van der Waals surface area (Å²) >= 11 is 12.4. The van der Waals surface area contributed by atoms with Crippen LogP contribution in [0.1, 0.15) is 29.2 Å². The van der Waals surface area contributed by atoms with E-state index in [4.69, 9.17) is 28.6 Å². The number of hydrogen-bond acceptors (Lipinski definition) is 3. The van der Waals surface area contributed by atoms with Crippen molar-refractivity contribution in [2.24, 2.45) is 0 Å². The SMILES string of the molecule is COc1ccc(N2C(=S)NC(c3ccccn3)C2c2ccc(C)n2-c2ccccc2)cc1Cl. The number of hydrogen-bond donors (Lipinski definition) is 1. The third-order valence-electron chi connectivity index (χ3n) is 5.94. The first-order chi connectivity index (χ1) is 16.1. The Kier molecular flexibility index (Phi) is 5.79. The van der Waals surface area contributed by atoms with Gasteiger partial charge in [-0.3, -0.25) is 4.98 Å². The highest BCUT2D eigenvalue weighted by atomic mass is 35.5. The number of halogens is 1. The number of pyridine rings is 1. The number of benzene rings is 2. The number of methoxy groups -OCH3 is 1. The molecule has 0 bridgehead atoms. The van der Waals surface area contributed by atoms with Crippen LogP contribution in [0.2, 0.25) is 5.02 Å². The molecule has 2 aromatic heterocycles. The average molecular weight is 475 g/mol. The van der Waals surface area contributed by atoms with Gasteiger partial charge in [-0.05, 0) is 73.7 Å². The van der Waals surface area contributed by atoms with Crippen LogP contribution in [0.5, 0.6) is 5.75 Å². The number of aryl methyl sites for hydroxylation is 1. The number of nitrogens with zero attached hydrogens (tertiary/aromatic N) is 3. The van der Waals surface area contributed by atoms with Gasteiger partial charge in [0.2, 0.25) is 0 Å². The van der Waals surface area contributed by atoms with E-state index in [9.17, 15) is 0 Å². The highest BCUT2D eigenvalue weighted by Gasteiger charge is 2.42. The summed E-state index contributed by atoms with van der Waals surface area (Å²) in [5, 5.41) is 4.67. The van der Waals surface area contributed by atoms with Crippen LogP contribution in [0.4, 0.5) is 5.69 Å². The van der Waals surface area contributed by atoms with Crippen LogP contribution in [0.25, 0.3) is 5.69 Å². The van der Waals surface area contributed by atoms with Crippen molar-refractivity contribution < 1.29 is 4.74 Å². The van der Waals surface area contributed by atoms with Crippen molar-refractivity contribution in [3.63, 3.8) is 0 Å². The Hall–Kier alpha value is -3.35. The standard InChI is InChI=1S/C26H23ClN4OS/c1-17-11-13-22(30(17)18-8-4-3-5-9-18)25-24(21-10-6-7-15-28-21)29-26(33)31(25)19-12-14-23(32-2)20(27)16-19/h3-16,24-25H,1-2H3,(H,29,33). The predicted octanol–water partition coefficient (Wildman–Crippen LogP) is 6.02. The number of para-hydroxylation sites is 1. The molecular weight excluding hydrogens is 452 g/mol. The Bertz CT molecular complexity index is 1290. The Morgan fingerprint density at radius 3 is 2.45 bits per heavy atom. The van der Waals surface area contributed by atoms with Crippen LogP contribution < -0.4 is 15.0 Å². The molecule has 0 saturated carbocycles. The number of thiocarbonyl (C=S) groups is 1. The molecule has 1 aliphatic heterocycles. The van der Waals surface area contributed by atoms with Crippen LogP contribution in [0.3, 0.4) is 0 Å². The summed E-state index contributed by atoms with van der Waals surface area (Å²) < 4.78 is 7.63. The summed E-state index contributed by atoms with van der Waals surface area (Å²) in [6, 6.07) is 26.0. The number of ether oxygens (including phenoxy) is 1. The maximum atomic E-state index is 6.50. The number of aromatic nitrogens is 2. The Morgan fingerprint density at radius 1 is 0.970 bits per heavy atom. The van der Waals surface area contributed by atoms with Crippen LogP contribution in [0.15, 0.2) is 85.1 Å². The predicted molar refractivity (Wildman–Crippen MR) is 136 cm³/mol. The second-order valence-electron chi connectivity index (χ2n) is 7.89. The second kappa shape index (κ2) is 8.89. The summed E-state index contributed by atoms with van der Waals surface area (Å²) in [5.41, 5.74) is 5.15. The van der Waals surface area contributed by atoms with Crippen molar-refractivity contribution in [3.8, 4) is 11.4 Å². The lowest BCUT2D eigenvalue weighted by Gasteiger charge is -2.29. The molecule has 33 heavy (non-hydrogen) atoms. The smallest absolute Gasteiger partial charge is 0.174 e. The Balaban J connectivity index is 1.69. The highest BCUT2D eigenvalue weighted by Crippen LogP contribution is 2.44. The third kappa shape index (κ3) is 3.86. The van der Waals surface area contributed by atoms with Gasteiger partial charge in [0.25, 0.3) is 0 Å². The fraction of sp³-hybridized carbons (Fsp3) is 0.154. The van der Waals surface area contributed by atoms with E-state index in [2.05, 4.69) is 51.0 Å². The van der Waals surface area contributed by atoms with Gasteiger partial charge in [0.05, 0.1) is 23.9 Å². The molecule has 166 valence electrons. The van der Waals surface area contributed by atoms with Crippen LogP contribution in [-0.4, -0.2) is 21.8 Å². The molecule has 1 saturated heterocycles. The molecule has 0 spiro atoms. The molecule has 3 heterocycles. The fourth-order valence-electron chi connectivity index (χ4n) is 4.46. The Labute approximate surface area is 203 Å². The molecular formula is C26H23ClN4OS. The van der Waals surface area contributed by atoms with E-state index in [1.165, 1.54) is 0 Å². The van der Waals surface area contributed by atoms with Crippen molar-refractivity contribution in [1.29, 1.82) is 0 Å². The highest BCUT2D eigenvalue weighted by molar-refractivity contribution is 7.80. The summed E-state index contributed by atoms with van der Waals surface area (Å²) in [4.78, 5) is 6.77. The molecule has 0 amide bonds. The largest absolute Gasteiger partial charge is 0.495 e. The zero-order valence-corrected chi connectivity index (χ0v) is 19.8. The van der Waals surface area contributed by atoms with Crippen molar-refractivity contribution in [3.05, 3.63) is 107 Å². The molecule has 4 aromatic rings. The minimum atomic E-state index is -0.147. The summed E-state index contributed by atoms with van der Waals surface area (Å²) in [6.45, 7) is 2.11. The summed E-state index contributed by atoms with van der Waals surface area (Å²) in [7, 11) is 1.61. The molecule has 1 N–H and O–H groups in total. The van der Waals surface area contributed by atoms with E-state index in [0.29, 0.717) is 15.9 Å². The van der Waals surface area contributed by atoms with Crippen molar-refractivity contribution in [1.82, 2.24) is 14.9 Å². The maximum absolute atomic E-state index is 6.50. The molecule has 0 aliphatic carbocycles. The topological polar surface area (TPSA) is 42.3 Å². The van der Waals surface area contributed by atoms with Gasteiger partial charge in [-0.2, -0.15) is 0 Å². The lowest BCUT2D eigenvalue weighted by atomic mass is 10.0. The molecule has 2 aromatic carbocycles. The first-order valence-electron chi connectivity index (χ1n) is 10.7. The lowest BCUT2D eigenvalue weighted by Crippen LogP contribution is -2.30. The summed E-state index contributed by atoms with van der Waals surface area (Å²) in [6.07, 6.45) is 1.81. The van der Waals surface area contributed by atoms with E-state index in [1.807, 2.05) is 60.8 Å². The van der Waals surface area contributed by atoms with E-state index >= 15 is 0 Å². The van der Waals surface area contributed by atoms with Gasteiger partial charge in [0, 0.05) is 29.0 Å². The molecule has 7 heteroatoms. The zero-order chi connectivity index (χ0) is 22.9. The van der Waals surface area contributed by atoms with Gasteiger partial charge in [-0.1, -0.05) is 35.9 Å². The van der Waals surface area contributed by atoms with Crippen molar-refractivity contribution >= 4 is 34.6 Å².